The molecular formula is C22H27F2N5O3. The predicted octanol–water partition coefficient (Wildman–Crippen LogP) is 3.27. The zero-order valence-electron chi connectivity index (χ0n) is 17.9. The summed E-state index contributed by atoms with van der Waals surface area (Å²) in [6.07, 6.45) is 5.47. The summed E-state index contributed by atoms with van der Waals surface area (Å²) < 4.78 is 40.9. The van der Waals surface area contributed by atoms with Crippen LogP contribution >= 0.6 is 0 Å². The maximum atomic E-state index is 12.8. The van der Waals surface area contributed by atoms with Crippen LogP contribution in [-0.2, 0) is 13.1 Å². The third-order valence-electron chi connectivity index (χ3n) is 5.39. The number of guanidine groups is 1. The van der Waals surface area contributed by atoms with E-state index in [2.05, 4.69) is 36.3 Å². The Morgan fingerprint density at radius 1 is 1.12 bits per heavy atom. The molecule has 1 aromatic carbocycles. The second-order valence-corrected chi connectivity index (χ2v) is 7.54. The fraction of sp³-hybridized carbons (Fsp3) is 0.455. The highest BCUT2D eigenvalue weighted by molar-refractivity contribution is 5.79. The zero-order valence-corrected chi connectivity index (χ0v) is 17.9. The van der Waals surface area contributed by atoms with E-state index in [1.165, 1.54) is 25.3 Å². The van der Waals surface area contributed by atoms with E-state index in [-0.39, 0.29) is 19.1 Å². The normalized spacial score (nSPS) is 15.8. The number of hydrogen-bond acceptors (Lipinski definition) is 6. The predicted molar refractivity (Wildman–Crippen MR) is 117 cm³/mol. The van der Waals surface area contributed by atoms with Gasteiger partial charge >= 0.3 is 6.61 Å². The molecule has 10 heteroatoms. The summed E-state index contributed by atoms with van der Waals surface area (Å²) in [4.78, 5) is 11.0. The number of piperidine rings is 1. The molecule has 1 fully saturated rings. The molecule has 2 aromatic rings. The SMILES string of the molecule is CN=C(NCc1ccnc(N2CCCCC2)c1)NCc1cc2c(cc1OC(F)F)OCO2. The highest BCUT2D eigenvalue weighted by Gasteiger charge is 2.20. The van der Waals surface area contributed by atoms with Crippen LogP contribution in [0.3, 0.4) is 0 Å². The number of pyridine rings is 1. The van der Waals surface area contributed by atoms with Gasteiger partial charge in [0.2, 0.25) is 6.79 Å². The standard InChI is InChI=1S/C22H27F2N5O3/c1-25-22(27-12-15-5-6-26-20(9-15)29-7-3-2-4-8-29)28-13-16-10-18-19(31-14-30-18)11-17(16)32-21(23)24/h5-6,9-11,21H,2-4,7-8,12-14H2,1H3,(H2,25,27,28). The summed E-state index contributed by atoms with van der Waals surface area (Å²) in [5.74, 6) is 2.43. The van der Waals surface area contributed by atoms with E-state index in [4.69, 9.17) is 9.47 Å². The van der Waals surface area contributed by atoms with Gasteiger partial charge in [0.15, 0.2) is 17.5 Å². The molecule has 2 N–H and O–H groups in total. The minimum atomic E-state index is -2.94. The number of fused-ring (bicyclic) bond motifs is 1. The quantitative estimate of drug-likeness (QED) is 0.498. The van der Waals surface area contributed by atoms with Gasteiger partial charge in [-0.15, -0.1) is 0 Å². The molecule has 0 atom stereocenters. The summed E-state index contributed by atoms with van der Waals surface area (Å²) in [6.45, 7) is -0.0581. The van der Waals surface area contributed by atoms with E-state index >= 15 is 0 Å². The highest BCUT2D eigenvalue weighted by Crippen LogP contribution is 2.38. The number of ether oxygens (including phenoxy) is 3. The van der Waals surface area contributed by atoms with Crippen molar-refractivity contribution >= 4 is 11.8 Å². The van der Waals surface area contributed by atoms with Crippen molar-refractivity contribution in [2.75, 3.05) is 31.8 Å². The van der Waals surface area contributed by atoms with Crippen LogP contribution in [0.5, 0.6) is 17.2 Å². The molecule has 2 aliphatic heterocycles. The molecule has 2 aliphatic rings. The van der Waals surface area contributed by atoms with Crippen LogP contribution in [0.25, 0.3) is 0 Å². The number of aliphatic imine (C=N–C) groups is 1. The molecule has 0 spiro atoms. The molecule has 32 heavy (non-hydrogen) atoms. The molecule has 1 aromatic heterocycles. The van der Waals surface area contributed by atoms with Crippen molar-refractivity contribution in [2.24, 2.45) is 4.99 Å². The van der Waals surface area contributed by atoms with Gasteiger partial charge in [-0.2, -0.15) is 8.78 Å². The van der Waals surface area contributed by atoms with Gasteiger partial charge in [-0.3, -0.25) is 4.99 Å². The Bertz CT molecular complexity index is 951. The fourth-order valence-electron chi connectivity index (χ4n) is 3.76. The summed E-state index contributed by atoms with van der Waals surface area (Å²) in [5.41, 5.74) is 1.59. The average Bonchev–Trinajstić information content (AvgIpc) is 3.27. The van der Waals surface area contributed by atoms with E-state index in [1.807, 2.05) is 12.3 Å². The third-order valence-corrected chi connectivity index (χ3v) is 5.39. The molecule has 0 amide bonds. The molecule has 3 heterocycles. The lowest BCUT2D eigenvalue weighted by Crippen LogP contribution is -2.36. The number of nitrogens with one attached hydrogen (secondary N) is 2. The van der Waals surface area contributed by atoms with Crippen LogP contribution < -0.4 is 29.7 Å². The minimum absolute atomic E-state index is 0.0347. The Morgan fingerprint density at radius 3 is 2.62 bits per heavy atom. The first-order valence-corrected chi connectivity index (χ1v) is 10.6. The topological polar surface area (TPSA) is 80.2 Å². The first-order chi connectivity index (χ1) is 15.6. The molecule has 0 bridgehead atoms. The molecule has 0 unspecified atom stereocenters. The first kappa shape index (κ1) is 21.9. The van der Waals surface area contributed by atoms with E-state index in [0.717, 1.165) is 24.5 Å². The maximum absolute atomic E-state index is 12.8. The Hall–Kier alpha value is -3.30. The van der Waals surface area contributed by atoms with Gasteiger partial charge in [-0.25, -0.2) is 4.98 Å². The van der Waals surface area contributed by atoms with Gasteiger partial charge < -0.3 is 29.7 Å². The number of hydrogen-bond donors (Lipinski definition) is 2. The summed E-state index contributed by atoms with van der Waals surface area (Å²) >= 11 is 0. The van der Waals surface area contributed by atoms with Crippen molar-refractivity contribution in [1.82, 2.24) is 15.6 Å². The number of halogens is 2. The van der Waals surface area contributed by atoms with Gasteiger partial charge in [0.1, 0.15) is 11.6 Å². The molecular weight excluding hydrogens is 420 g/mol. The summed E-state index contributed by atoms with van der Waals surface area (Å²) in [7, 11) is 1.65. The van der Waals surface area contributed by atoms with Crippen LogP contribution in [-0.4, -0.2) is 44.5 Å². The fourth-order valence-corrected chi connectivity index (χ4v) is 3.76. The molecule has 4 rings (SSSR count). The summed E-state index contributed by atoms with van der Waals surface area (Å²) in [5, 5.41) is 6.38. The monoisotopic (exact) mass is 447 g/mol. The molecule has 1 saturated heterocycles. The van der Waals surface area contributed by atoms with Gasteiger partial charge in [0.05, 0.1) is 0 Å². The largest absolute Gasteiger partial charge is 0.454 e. The van der Waals surface area contributed by atoms with Crippen LogP contribution in [0.4, 0.5) is 14.6 Å². The minimum Gasteiger partial charge on any atom is -0.454 e. The van der Waals surface area contributed by atoms with E-state index < -0.39 is 6.61 Å². The molecule has 0 saturated carbocycles. The van der Waals surface area contributed by atoms with Crippen LogP contribution in [0.2, 0.25) is 0 Å². The summed E-state index contributed by atoms with van der Waals surface area (Å²) in [6, 6.07) is 7.09. The van der Waals surface area contributed by atoms with E-state index in [0.29, 0.717) is 29.6 Å². The second kappa shape index (κ2) is 10.3. The second-order valence-electron chi connectivity index (χ2n) is 7.54. The lowest BCUT2D eigenvalue weighted by atomic mass is 10.1. The Balaban J connectivity index is 1.37. The van der Waals surface area contributed by atoms with Crippen molar-refractivity contribution in [1.29, 1.82) is 0 Å². The van der Waals surface area contributed by atoms with Crippen LogP contribution in [0, 0.1) is 0 Å². The number of nitrogens with zero attached hydrogens (tertiary/aromatic N) is 3. The first-order valence-electron chi connectivity index (χ1n) is 10.6. The zero-order chi connectivity index (χ0) is 22.3. The van der Waals surface area contributed by atoms with E-state index in [1.54, 1.807) is 13.1 Å². The van der Waals surface area contributed by atoms with Crippen molar-refractivity contribution in [3.63, 3.8) is 0 Å². The average molecular weight is 447 g/mol. The molecule has 8 nitrogen and oxygen atoms in total. The number of benzene rings is 1. The Labute approximate surface area is 185 Å². The third kappa shape index (κ3) is 5.49. The number of anilines is 1. The molecule has 172 valence electrons. The lowest BCUT2D eigenvalue weighted by Gasteiger charge is -2.28. The molecule has 0 aliphatic carbocycles. The number of rotatable bonds is 7. The van der Waals surface area contributed by atoms with Gasteiger partial charge in [0, 0.05) is 51.1 Å². The Kier molecular flexibility index (Phi) is 7.08. The molecule has 0 radical (unpaired) electrons. The van der Waals surface area contributed by atoms with Crippen molar-refractivity contribution in [2.45, 2.75) is 39.0 Å². The van der Waals surface area contributed by atoms with Crippen molar-refractivity contribution in [3.05, 3.63) is 41.6 Å². The maximum Gasteiger partial charge on any atom is 0.387 e. The van der Waals surface area contributed by atoms with E-state index in [9.17, 15) is 8.78 Å². The van der Waals surface area contributed by atoms with Crippen molar-refractivity contribution in [3.8, 4) is 17.2 Å². The number of aromatic nitrogens is 1. The van der Waals surface area contributed by atoms with Gasteiger partial charge in [-0.05, 0) is 43.0 Å². The smallest absolute Gasteiger partial charge is 0.387 e. The van der Waals surface area contributed by atoms with Gasteiger partial charge in [-0.1, -0.05) is 0 Å². The highest BCUT2D eigenvalue weighted by atomic mass is 19.3. The Morgan fingerprint density at radius 2 is 1.88 bits per heavy atom. The number of alkyl halides is 2. The van der Waals surface area contributed by atoms with Crippen LogP contribution in [0.1, 0.15) is 30.4 Å². The van der Waals surface area contributed by atoms with Crippen molar-refractivity contribution < 1.29 is 23.0 Å². The lowest BCUT2D eigenvalue weighted by molar-refractivity contribution is -0.0505. The van der Waals surface area contributed by atoms with Crippen LogP contribution in [0.15, 0.2) is 35.5 Å². The van der Waals surface area contributed by atoms with Gasteiger partial charge in [0.25, 0.3) is 0 Å².